The second-order valence-corrected chi connectivity index (χ2v) is 5.21. The van der Waals surface area contributed by atoms with E-state index in [4.69, 9.17) is 4.74 Å². The van der Waals surface area contributed by atoms with Crippen LogP contribution in [-0.4, -0.2) is 35.4 Å². The lowest BCUT2D eigenvalue weighted by molar-refractivity contribution is -0.124. The highest BCUT2D eigenvalue weighted by molar-refractivity contribution is 5.78. The topological polar surface area (TPSA) is 56.2 Å². The van der Waals surface area contributed by atoms with Crippen LogP contribution in [0.4, 0.5) is 0 Å². The maximum atomic E-state index is 11.8. The number of benzene rings is 1. The van der Waals surface area contributed by atoms with Gasteiger partial charge in [0.25, 0.3) is 0 Å². The Morgan fingerprint density at radius 1 is 1.33 bits per heavy atom. The lowest BCUT2D eigenvalue weighted by Gasteiger charge is -2.09. The maximum Gasteiger partial charge on any atom is 0.225 e. The first-order valence-corrected chi connectivity index (χ1v) is 7.26. The highest BCUT2D eigenvalue weighted by Crippen LogP contribution is 2.17. The lowest BCUT2D eigenvalue weighted by Crippen LogP contribution is -2.33. The summed E-state index contributed by atoms with van der Waals surface area (Å²) in [6, 6.07) is 10.1. The van der Waals surface area contributed by atoms with Crippen molar-refractivity contribution in [1.29, 1.82) is 0 Å². The van der Waals surface area contributed by atoms with E-state index in [2.05, 4.69) is 22.5 Å². The van der Waals surface area contributed by atoms with Crippen molar-refractivity contribution in [2.45, 2.75) is 13.0 Å². The monoisotopic (exact) mass is 285 g/mol. The molecule has 1 aliphatic rings. The van der Waals surface area contributed by atoms with Gasteiger partial charge in [0.15, 0.2) is 0 Å². The standard InChI is InChI=1S/C16H19N3O2/c20-16(14-6-9-21-12-14)17-7-8-19-11-15(10-18-19)13-4-2-1-3-5-13/h1-5,10-11,14H,6-9,12H2,(H,17,20)/t14-/m1/s1. The number of nitrogens with one attached hydrogen (secondary N) is 1. The zero-order chi connectivity index (χ0) is 14.5. The molecule has 2 heterocycles. The minimum atomic E-state index is 0.0162. The lowest BCUT2D eigenvalue weighted by atomic mass is 10.1. The molecular formula is C16H19N3O2. The minimum Gasteiger partial charge on any atom is -0.381 e. The van der Waals surface area contributed by atoms with Gasteiger partial charge in [-0.05, 0) is 12.0 Å². The van der Waals surface area contributed by atoms with Gasteiger partial charge in [-0.2, -0.15) is 5.10 Å². The molecule has 1 aromatic heterocycles. The summed E-state index contributed by atoms with van der Waals surface area (Å²) in [7, 11) is 0. The fourth-order valence-electron chi connectivity index (χ4n) is 2.44. The van der Waals surface area contributed by atoms with Crippen LogP contribution in [0.25, 0.3) is 11.1 Å². The zero-order valence-corrected chi connectivity index (χ0v) is 11.9. The fraction of sp³-hybridized carbons (Fsp3) is 0.375. The summed E-state index contributed by atoms with van der Waals surface area (Å²) in [5.41, 5.74) is 2.24. The molecule has 110 valence electrons. The van der Waals surface area contributed by atoms with Gasteiger partial charge in [0.1, 0.15) is 0 Å². The van der Waals surface area contributed by atoms with Crippen LogP contribution < -0.4 is 5.32 Å². The van der Waals surface area contributed by atoms with Crippen molar-refractivity contribution in [3.8, 4) is 11.1 Å². The minimum absolute atomic E-state index is 0.0162. The number of nitrogens with zero attached hydrogens (tertiary/aromatic N) is 2. The number of hydrogen-bond acceptors (Lipinski definition) is 3. The molecule has 0 unspecified atom stereocenters. The van der Waals surface area contributed by atoms with E-state index in [-0.39, 0.29) is 11.8 Å². The van der Waals surface area contributed by atoms with Crippen molar-refractivity contribution in [1.82, 2.24) is 15.1 Å². The van der Waals surface area contributed by atoms with Crippen molar-refractivity contribution in [2.75, 3.05) is 19.8 Å². The molecular weight excluding hydrogens is 266 g/mol. The van der Waals surface area contributed by atoms with Crippen LogP contribution in [0.3, 0.4) is 0 Å². The average molecular weight is 285 g/mol. The Morgan fingerprint density at radius 3 is 2.95 bits per heavy atom. The first-order chi connectivity index (χ1) is 10.3. The highest BCUT2D eigenvalue weighted by atomic mass is 16.5. The molecule has 1 aromatic carbocycles. The first kappa shape index (κ1) is 13.8. The molecule has 1 atom stereocenters. The summed E-state index contributed by atoms with van der Waals surface area (Å²) in [6.45, 7) is 2.50. The largest absolute Gasteiger partial charge is 0.381 e. The molecule has 1 saturated heterocycles. The molecule has 0 radical (unpaired) electrons. The van der Waals surface area contributed by atoms with Crippen LogP contribution in [0.1, 0.15) is 6.42 Å². The van der Waals surface area contributed by atoms with E-state index >= 15 is 0 Å². The highest BCUT2D eigenvalue weighted by Gasteiger charge is 2.22. The van der Waals surface area contributed by atoms with Crippen LogP contribution in [0.2, 0.25) is 0 Å². The number of carbonyl (C=O) groups is 1. The predicted octanol–water partition coefficient (Wildman–Crippen LogP) is 1.70. The number of hydrogen-bond donors (Lipinski definition) is 1. The van der Waals surface area contributed by atoms with E-state index in [1.54, 1.807) is 0 Å². The molecule has 5 nitrogen and oxygen atoms in total. The molecule has 1 amide bonds. The van der Waals surface area contributed by atoms with Crippen molar-refractivity contribution in [2.24, 2.45) is 5.92 Å². The zero-order valence-electron chi connectivity index (χ0n) is 11.9. The Hall–Kier alpha value is -2.14. The normalized spacial score (nSPS) is 17.8. The number of amides is 1. The van der Waals surface area contributed by atoms with Crippen molar-refractivity contribution in [3.63, 3.8) is 0 Å². The summed E-state index contributed by atoms with van der Waals surface area (Å²) < 4.78 is 7.07. The van der Waals surface area contributed by atoms with E-state index in [9.17, 15) is 4.79 Å². The number of carbonyl (C=O) groups excluding carboxylic acids is 1. The van der Waals surface area contributed by atoms with Gasteiger partial charge in [0.05, 0.1) is 25.3 Å². The first-order valence-electron chi connectivity index (χ1n) is 7.26. The molecule has 0 spiro atoms. The number of aromatic nitrogens is 2. The quantitative estimate of drug-likeness (QED) is 0.909. The molecule has 2 aromatic rings. The molecule has 1 fully saturated rings. The molecule has 3 rings (SSSR count). The Labute approximate surface area is 123 Å². The van der Waals surface area contributed by atoms with E-state index in [1.807, 2.05) is 35.3 Å². The fourth-order valence-corrected chi connectivity index (χ4v) is 2.44. The second-order valence-electron chi connectivity index (χ2n) is 5.21. The molecule has 0 saturated carbocycles. The van der Waals surface area contributed by atoms with Crippen LogP contribution in [0, 0.1) is 5.92 Å². The molecule has 1 aliphatic heterocycles. The van der Waals surface area contributed by atoms with E-state index < -0.39 is 0 Å². The van der Waals surface area contributed by atoms with Crippen molar-refractivity contribution < 1.29 is 9.53 Å². The Morgan fingerprint density at radius 2 is 2.19 bits per heavy atom. The summed E-state index contributed by atoms with van der Waals surface area (Å²) in [4.78, 5) is 11.8. The van der Waals surface area contributed by atoms with Gasteiger partial charge in [0, 0.05) is 24.9 Å². The van der Waals surface area contributed by atoms with Gasteiger partial charge in [-0.15, -0.1) is 0 Å². The average Bonchev–Trinajstić information content (AvgIpc) is 3.20. The summed E-state index contributed by atoms with van der Waals surface area (Å²) >= 11 is 0. The number of rotatable bonds is 5. The third-order valence-electron chi connectivity index (χ3n) is 3.68. The van der Waals surface area contributed by atoms with Gasteiger partial charge in [-0.3, -0.25) is 9.48 Å². The van der Waals surface area contributed by atoms with Gasteiger partial charge in [-0.25, -0.2) is 0 Å². The Balaban J connectivity index is 1.50. The van der Waals surface area contributed by atoms with E-state index in [1.165, 1.54) is 0 Å². The molecule has 5 heteroatoms. The van der Waals surface area contributed by atoms with Crippen LogP contribution >= 0.6 is 0 Å². The van der Waals surface area contributed by atoms with Crippen LogP contribution in [0.15, 0.2) is 42.7 Å². The van der Waals surface area contributed by atoms with E-state index in [0.29, 0.717) is 26.3 Å². The summed E-state index contributed by atoms with van der Waals surface area (Å²) in [5, 5.41) is 7.27. The molecule has 0 aliphatic carbocycles. The Bertz CT molecular complexity index is 589. The SMILES string of the molecule is O=C(NCCn1cc(-c2ccccc2)cn1)[C@@H]1CCOC1. The number of ether oxygens (including phenoxy) is 1. The van der Waals surface area contributed by atoms with Crippen molar-refractivity contribution >= 4 is 5.91 Å². The van der Waals surface area contributed by atoms with Crippen LogP contribution in [0.5, 0.6) is 0 Å². The molecule has 21 heavy (non-hydrogen) atoms. The Kier molecular flexibility index (Phi) is 4.31. The van der Waals surface area contributed by atoms with E-state index in [0.717, 1.165) is 17.5 Å². The summed E-state index contributed by atoms with van der Waals surface area (Å²) in [5.74, 6) is 0.102. The van der Waals surface area contributed by atoms with Gasteiger partial charge < -0.3 is 10.1 Å². The predicted molar refractivity (Wildman–Crippen MR) is 79.6 cm³/mol. The van der Waals surface area contributed by atoms with Gasteiger partial charge >= 0.3 is 0 Å². The van der Waals surface area contributed by atoms with Gasteiger partial charge in [-0.1, -0.05) is 30.3 Å². The summed E-state index contributed by atoms with van der Waals surface area (Å²) in [6.07, 6.45) is 4.67. The van der Waals surface area contributed by atoms with Crippen molar-refractivity contribution in [3.05, 3.63) is 42.7 Å². The third-order valence-corrected chi connectivity index (χ3v) is 3.68. The smallest absolute Gasteiger partial charge is 0.225 e. The molecule has 1 N–H and O–H groups in total. The maximum absolute atomic E-state index is 11.8. The van der Waals surface area contributed by atoms with Gasteiger partial charge in [0.2, 0.25) is 5.91 Å². The second kappa shape index (κ2) is 6.54. The third kappa shape index (κ3) is 3.49. The van der Waals surface area contributed by atoms with Crippen LogP contribution in [-0.2, 0) is 16.1 Å². The molecule has 0 bridgehead atoms.